The number of hydrogen-bond acceptors (Lipinski definition) is 10. The third-order valence-corrected chi connectivity index (χ3v) is 8.11. The summed E-state index contributed by atoms with van der Waals surface area (Å²) in [6.45, 7) is 7.39. The van der Waals surface area contributed by atoms with Crippen molar-refractivity contribution in [3.63, 3.8) is 0 Å². The molecule has 0 spiro atoms. The molecule has 0 amide bonds. The summed E-state index contributed by atoms with van der Waals surface area (Å²) in [7, 11) is -4.12. The summed E-state index contributed by atoms with van der Waals surface area (Å²) in [5, 5.41) is 13.7. The van der Waals surface area contributed by atoms with Gasteiger partial charge in [0.15, 0.2) is 5.84 Å². The van der Waals surface area contributed by atoms with Gasteiger partial charge in [0.25, 0.3) is 10.0 Å². The van der Waals surface area contributed by atoms with Crippen LogP contribution in [0.25, 0.3) is 10.9 Å². The minimum Gasteiger partial charge on any atom is -0.490 e. The number of nitrogens with zero attached hydrogens (tertiary/aromatic N) is 4. The van der Waals surface area contributed by atoms with Gasteiger partial charge >= 0.3 is 11.9 Å². The van der Waals surface area contributed by atoms with Gasteiger partial charge in [0.05, 0.1) is 34.2 Å². The molecule has 0 unspecified atom stereocenters. The molecule has 4 aromatic rings. The largest absolute Gasteiger partial charge is 0.490 e. The molecular weight excluding hydrogens is 586 g/mol. The molecule has 2 aromatic heterocycles. The lowest BCUT2D eigenvalue weighted by molar-refractivity contribution is -0.143. The lowest BCUT2D eigenvalue weighted by Gasteiger charge is -2.12. The number of esters is 1. The Balaban J connectivity index is 1.74. The first-order chi connectivity index (χ1) is 21.0. The van der Waals surface area contributed by atoms with Gasteiger partial charge in [0.2, 0.25) is 0 Å². The van der Waals surface area contributed by atoms with Gasteiger partial charge in [-0.1, -0.05) is 22.9 Å². The molecule has 2 N–H and O–H groups in total. The molecular formula is C31H31N5O7S. The number of fused-ring (bicyclic) bond motifs is 1. The number of nitrogens with two attached hydrogens (primary N) is 1. The molecule has 0 aliphatic rings. The molecule has 2 heterocycles. The van der Waals surface area contributed by atoms with E-state index in [0.717, 1.165) is 9.54 Å². The monoisotopic (exact) mass is 617 g/mol. The van der Waals surface area contributed by atoms with Crippen LogP contribution in [0.15, 0.2) is 71.0 Å². The van der Waals surface area contributed by atoms with Crippen molar-refractivity contribution in [2.45, 2.75) is 51.5 Å². The van der Waals surface area contributed by atoms with E-state index in [0.29, 0.717) is 16.7 Å². The standard InChI is InChI=1S/C31H31N5O7S/c1-5-41-27(37)13-9-22-18-34-28(29-25(22)14-15-36(29)44(39,40)24-10-6-20(4)7-11-24)30(33)35-43-31(38)21-8-12-26(42-19(2)3)23(16-21)17-32/h6-8,10-12,14-16,18-19H,5,9,13H2,1-4H3,(H2,33,35). The van der Waals surface area contributed by atoms with Gasteiger partial charge in [-0.25, -0.2) is 17.2 Å². The maximum absolute atomic E-state index is 13.7. The zero-order valence-electron chi connectivity index (χ0n) is 24.6. The normalized spacial score (nSPS) is 11.8. The number of aromatic nitrogens is 2. The van der Waals surface area contributed by atoms with Crippen LogP contribution in [0.5, 0.6) is 5.75 Å². The van der Waals surface area contributed by atoms with Crippen molar-refractivity contribution in [3.05, 3.63) is 88.9 Å². The number of nitriles is 1. The molecule has 0 fully saturated rings. The Labute approximate surface area is 254 Å². The number of hydrogen-bond donors (Lipinski definition) is 1. The van der Waals surface area contributed by atoms with Gasteiger partial charge in [0.1, 0.15) is 17.5 Å². The highest BCUT2D eigenvalue weighted by Crippen LogP contribution is 2.28. The van der Waals surface area contributed by atoms with E-state index in [2.05, 4.69) is 10.1 Å². The van der Waals surface area contributed by atoms with Gasteiger partial charge in [-0.2, -0.15) is 5.26 Å². The molecule has 228 valence electrons. The van der Waals surface area contributed by atoms with Crippen molar-refractivity contribution in [2.75, 3.05) is 6.61 Å². The number of carbonyl (C=O) groups excluding carboxylic acids is 2. The van der Waals surface area contributed by atoms with Crippen molar-refractivity contribution < 1.29 is 32.3 Å². The highest BCUT2D eigenvalue weighted by atomic mass is 32.2. The first kappa shape index (κ1) is 31.7. The van der Waals surface area contributed by atoms with Crippen molar-refractivity contribution in [3.8, 4) is 11.8 Å². The van der Waals surface area contributed by atoms with Gasteiger partial charge in [-0.05, 0) is 76.1 Å². The third kappa shape index (κ3) is 6.87. The molecule has 0 bridgehead atoms. The van der Waals surface area contributed by atoms with E-state index >= 15 is 0 Å². The van der Waals surface area contributed by atoms with Crippen LogP contribution in [0.3, 0.4) is 0 Å². The number of benzene rings is 2. The van der Waals surface area contributed by atoms with E-state index in [1.54, 1.807) is 39.0 Å². The summed E-state index contributed by atoms with van der Waals surface area (Å²) in [6.07, 6.45) is 2.91. The lowest BCUT2D eigenvalue weighted by atomic mass is 10.1. The molecule has 0 aliphatic heterocycles. The first-order valence-corrected chi connectivity index (χ1v) is 15.1. The van der Waals surface area contributed by atoms with E-state index in [4.69, 9.17) is 20.0 Å². The molecule has 0 saturated heterocycles. The van der Waals surface area contributed by atoms with Crippen molar-refractivity contribution in [2.24, 2.45) is 10.9 Å². The Hall–Kier alpha value is -5.22. The van der Waals surface area contributed by atoms with E-state index in [9.17, 15) is 23.3 Å². The second-order valence-corrected chi connectivity index (χ2v) is 11.8. The minimum atomic E-state index is -4.12. The van der Waals surface area contributed by atoms with E-state index in [1.807, 2.05) is 13.0 Å². The summed E-state index contributed by atoms with van der Waals surface area (Å²) < 4.78 is 39.1. The molecule has 0 saturated carbocycles. The second kappa shape index (κ2) is 13.4. The molecule has 44 heavy (non-hydrogen) atoms. The highest BCUT2D eigenvalue weighted by molar-refractivity contribution is 7.90. The number of ether oxygens (including phenoxy) is 2. The topological polar surface area (TPSA) is 176 Å². The smallest absolute Gasteiger partial charge is 0.365 e. The average Bonchev–Trinajstić information content (AvgIpc) is 3.45. The number of aryl methyl sites for hydroxylation is 2. The van der Waals surface area contributed by atoms with E-state index in [-0.39, 0.29) is 58.6 Å². The fourth-order valence-electron chi connectivity index (χ4n) is 4.35. The molecule has 0 atom stereocenters. The van der Waals surface area contributed by atoms with E-state index in [1.165, 1.54) is 42.7 Å². The van der Waals surface area contributed by atoms with Gasteiger partial charge in [0, 0.05) is 24.2 Å². The number of pyridine rings is 1. The summed E-state index contributed by atoms with van der Waals surface area (Å²) in [6, 6.07) is 14.1. The first-order valence-electron chi connectivity index (χ1n) is 13.7. The van der Waals surface area contributed by atoms with Crippen LogP contribution < -0.4 is 10.5 Å². The number of carbonyl (C=O) groups is 2. The fourth-order valence-corrected chi connectivity index (χ4v) is 5.70. The minimum absolute atomic E-state index is 0.0203. The summed E-state index contributed by atoms with van der Waals surface area (Å²) in [4.78, 5) is 34.3. The molecule has 0 aliphatic carbocycles. The van der Waals surface area contributed by atoms with Gasteiger partial charge in [-0.15, -0.1) is 0 Å². The van der Waals surface area contributed by atoms with Crippen molar-refractivity contribution >= 4 is 38.7 Å². The summed E-state index contributed by atoms with van der Waals surface area (Å²) >= 11 is 0. The summed E-state index contributed by atoms with van der Waals surface area (Å²) in [5.41, 5.74) is 7.85. The van der Waals surface area contributed by atoms with Crippen LogP contribution in [0.4, 0.5) is 0 Å². The average molecular weight is 618 g/mol. The molecule has 2 aromatic carbocycles. The van der Waals surface area contributed by atoms with Crippen LogP contribution in [-0.2, 0) is 30.8 Å². The van der Waals surface area contributed by atoms with Crippen LogP contribution in [-0.4, -0.2) is 47.9 Å². The molecule has 4 rings (SSSR count). The van der Waals surface area contributed by atoms with Crippen LogP contribution in [0.2, 0.25) is 0 Å². The number of oxime groups is 1. The molecule has 12 nitrogen and oxygen atoms in total. The van der Waals surface area contributed by atoms with Gasteiger partial charge in [-0.3, -0.25) is 9.78 Å². The Kier molecular flexibility index (Phi) is 9.65. The SMILES string of the molecule is CCOC(=O)CCc1cnc(/C(N)=N/OC(=O)c2ccc(OC(C)C)c(C#N)c2)c2c1ccn2S(=O)(=O)c1ccc(C)cc1. The molecule has 0 radical (unpaired) electrons. The van der Waals surface area contributed by atoms with E-state index < -0.39 is 22.0 Å². The maximum atomic E-state index is 13.7. The Morgan fingerprint density at radius 3 is 2.52 bits per heavy atom. The predicted molar refractivity (Wildman–Crippen MR) is 162 cm³/mol. The van der Waals surface area contributed by atoms with Crippen LogP contribution in [0, 0.1) is 18.3 Å². The lowest BCUT2D eigenvalue weighted by Crippen LogP contribution is -2.21. The molecule has 13 heteroatoms. The van der Waals surface area contributed by atoms with Crippen LogP contribution >= 0.6 is 0 Å². The Morgan fingerprint density at radius 1 is 1.14 bits per heavy atom. The van der Waals surface area contributed by atoms with Gasteiger partial charge < -0.3 is 20.0 Å². The summed E-state index contributed by atoms with van der Waals surface area (Å²) in [5.74, 6) is -1.38. The Bertz CT molecular complexity index is 1890. The zero-order valence-corrected chi connectivity index (χ0v) is 25.4. The predicted octanol–water partition coefficient (Wildman–Crippen LogP) is 4.21. The zero-order chi connectivity index (χ0) is 32.0. The number of amidine groups is 1. The highest BCUT2D eigenvalue weighted by Gasteiger charge is 2.24. The van der Waals surface area contributed by atoms with Crippen molar-refractivity contribution in [1.29, 1.82) is 5.26 Å². The fraction of sp³-hybridized carbons (Fsp3) is 0.258. The second-order valence-electron chi connectivity index (χ2n) is 9.97. The maximum Gasteiger partial charge on any atom is 0.365 e. The Morgan fingerprint density at radius 2 is 1.86 bits per heavy atom. The number of rotatable bonds is 11. The van der Waals surface area contributed by atoms with Crippen molar-refractivity contribution in [1.82, 2.24) is 8.96 Å². The van der Waals surface area contributed by atoms with Crippen LogP contribution in [0.1, 0.15) is 59.9 Å². The quantitative estimate of drug-likeness (QED) is 0.0843. The third-order valence-electron chi connectivity index (χ3n) is 6.42.